The van der Waals surface area contributed by atoms with Gasteiger partial charge in [0.05, 0.1) is 13.1 Å². The molecular weight excluding hydrogens is 174 g/mol. The number of halogens is 2. The van der Waals surface area contributed by atoms with Crippen LogP contribution in [0.2, 0.25) is 0 Å². The Morgan fingerprint density at radius 1 is 1.38 bits per heavy atom. The first-order valence-electron chi connectivity index (χ1n) is 4.50. The van der Waals surface area contributed by atoms with Crippen molar-refractivity contribution in [2.75, 3.05) is 26.2 Å². The molecule has 1 heterocycles. The zero-order valence-corrected chi connectivity index (χ0v) is 7.73. The van der Waals surface area contributed by atoms with Crippen LogP contribution in [0.4, 0.5) is 8.78 Å². The molecule has 1 rings (SSSR count). The molecule has 1 aliphatic rings. The number of hydrogen-bond acceptors (Lipinski definition) is 2. The maximum absolute atomic E-state index is 12.8. The van der Waals surface area contributed by atoms with Gasteiger partial charge in [-0.1, -0.05) is 12.2 Å². The predicted octanol–water partition coefficient (Wildman–Crippen LogP) is 1.23. The van der Waals surface area contributed by atoms with Gasteiger partial charge in [0.1, 0.15) is 0 Å². The van der Waals surface area contributed by atoms with Crippen LogP contribution in [-0.4, -0.2) is 37.0 Å². The lowest BCUT2D eigenvalue weighted by atomic mass is 10.1. The van der Waals surface area contributed by atoms with Crippen molar-refractivity contribution in [1.82, 2.24) is 4.90 Å². The molecule has 0 atom stereocenters. The first-order valence-corrected chi connectivity index (χ1v) is 4.50. The van der Waals surface area contributed by atoms with E-state index in [1.54, 1.807) is 4.90 Å². The van der Waals surface area contributed by atoms with E-state index in [9.17, 15) is 8.78 Å². The van der Waals surface area contributed by atoms with Crippen LogP contribution in [0, 0.1) is 0 Å². The van der Waals surface area contributed by atoms with Gasteiger partial charge in [-0.2, -0.15) is 0 Å². The number of alkyl halides is 2. The number of hydrogen-bond donors (Lipinski definition) is 1. The average Bonchev–Trinajstić information content (AvgIpc) is 2.09. The molecule has 0 bridgehead atoms. The minimum Gasteiger partial charge on any atom is -0.325 e. The van der Waals surface area contributed by atoms with Crippen LogP contribution < -0.4 is 5.73 Å². The molecule has 2 nitrogen and oxygen atoms in total. The fraction of sp³-hybridized carbons (Fsp3) is 0.778. The van der Waals surface area contributed by atoms with Crippen LogP contribution in [0.3, 0.4) is 0 Å². The molecular formula is C9H16F2N2. The van der Waals surface area contributed by atoms with Gasteiger partial charge in [-0.05, 0) is 12.8 Å². The highest BCUT2D eigenvalue weighted by Crippen LogP contribution is 2.19. The zero-order valence-electron chi connectivity index (χ0n) is 7.73. The standard InChI is InChI=1S/C9H16F2N2/c1-8-2-4-13(5-3-8)7-9(10,11)6-12/h1-7,12H2. The van der Waals surface area contributed by atoms with Gasteiger partial charge in [0.25, 0.3) is 5.92 Å². The first-order chi connectivity index (χ1) is 6.03. The third kappa shape index (κ3) is 3.40. The maximum atomic E-state index is 12.8. The van der Waals surface area contributed by atoms with E-state index in [0.717, 1.165) is 18.4 Å². The highest BCUT2D eigenvalue weighted by Gasteiger charge is 2.30. The summed E-state index contributed by atoms with van der Waals surface area (Å²) in [7, 11) is 0. The second-order valence-electron chi connectivity index (χ2n) is 3.59. The van der Waals surface area contributed by atoms with Crippen molar-refractivity contribution in [2.24, 2.45) is 5.73 Å². The summed E-state index contributed by atoms with van der Waals surface area (Å²) in [5.41, 5.74) is 6.12. The van der Waals surface area contributed by atoms with Crippen LogP contribution in [0.5, 0.6) is 0 Å². The zero-order chi connectivity index (χ0) is 9.90. The monoisotopic (exact) mass is 190 g/mol. The highest BCUT2D eigenvalue weighted by molar-refractivity contribution is 4.99. The van der Waals surface area contributed by atoms with E-state index in [2.05, 4.69) is 6.58 Å². The number of nitrogens with zero attached hydrogens (tertiary/aromatic N) is 1. The fourth-order valence-corrected chi connectivity index (χ4v) is 1.42. The molecule has 0 radical (unpaired) electrons. The molecule has 1 aliphatic heterocycles. The number of piperidine rings is 1. The summed E-state index contributed by atoms with van der Waals surface area (Å²) in [6, 6.07) is 0. The minimum atomic E-state index is -2.74. The van der Waals surface area contributed by atoms with Crippen LogP contribution in [-0.2, 0) is 0 Å². The molecule has 76 valence electrons. The SMILES string of the molecule is C=C1CCN(CC(F)(F)CN)CC1. The Hall–Kier alpha value is -0.480. The third-order valence-electron chi connectivity index (χ3n) is 2.32. The maximum Gasteiger partial charge on any atom is 0.272 e. The first kappa shape index (κ1) is 10.6. The van der Waals surface area contributed by atoms with Crippen molar-refractivity contribution < 1.29 is 8.78 Å². The molecule has 1 saturated heterocycles. The lowest BCUT2D eigenvalue weighted by molar-refractivity contribution is -0.0251. The second-order valence-corrected chi connectivity index (χ2v) is 3.59. The topological polar surface area (TPSA) is 29.3 Å². The van der Waals surface area contributed by atoms with E-state index < -0.39 is 12.5 Å². The lowest BCUT2D eigenvalue weighted by Gasteiger charge is -2.30. The van der Waals surface area contributed by atoms with Crippen molar-refractivity contribution in [1.29, 1.82) is 0 Å². The third-order valence-corrected chi connectivity index (χ3v) is 2.32. The van der Waals surface area contributed by atoms with Gasteiger partial charge < -0.3 is 5.73 Å². The van der Waals surface area contributed by atoms with E-state index in [1.807, 2.05) is 0 Å². The Balaban J connectivity index is 2.34. The normalized spacial score (nSPS) is 20.7. The van der Waals surface area contributed by atoms with E-state index >= 15 is 0 Å². The van der Waals surface area contributed by atoms with Crippen molar-refractivity contribution in [2.45, 2.75) is 18.8 Å². The summed E-state index contributed by atoms with van der Waals surface area (Å²) in [6.07, 6.45) is 1.67. The summed E-state index contributed by atoms with van der Waals surface area (Å²) in [6.45, 7) is 4.43. The molecule has 0 aromatic heterocycles. The number of rotatable bonds is 3. The molecule has 0 aliphatic carbocycles. The van der Waals surface area contributed by atoms with Gasteiger partial charge in [0.15, 0.2) is 0 Å². The Labute approximate surface area is 77.4 Å². The largest absolute Gasteiger partial charge is 0.325 e. The van der Waals surface area contributed by atoms with Crippen molar-refractivity contribution in [3.05, 3.63) is 12.2 Å². The molecule has 2 N–H and O–H groups in total. The highest BCUT2D eigenvalue weighted by atomic mass is 19.3. The van der Waals surface area contributed by atoms with E-state index in [4.69, 9.17) is 5.73 Å². The Bertz CT molecular complexity index is 182. The van der Waals surface area contributed by atoms with Gasteiger partial charge >= 0.3 is 0 Å². The molecule has 1 fully saturated rings. The van der Waals surface area contributed by atoms with Crippen molar-refractivity contribution in [3.8, 4) is 0 Å². The number of nitrogens with two attached hydrogens (primary N) is 1. The van der Waals surface area contributed by atoms with Gasteiger partial charge in [-0.15, -0.1) is 0 Å². The van der Waals surface area contributed by atoms with E-state index in [1.165, 1.54) is 0 Å². The van der Waals surface area contributed by atoms with Crippen LogP contribution in [0.25, 0.3) is 0 Å². The van der Waals surface area contributed by atoms with Gasteiger partial charge in [-0.25, -0.2) is 8.78 Å². The molecule has 0 spiro atoms. The average molecular weight is 190 g/mol. The summed E-state index contributed by atoms with van der Waals surface area (Å²) >= 11 is 0. The molecule has 0 aromatic carbocycles. The van der Waals surface area contributed by atoms with Gasteiger partial charge in [0, 0.05) is 13.1 Å². The van der Waals surface area contributed by atoms with Gasteiger partial charge in [-0.3, -0.25) is 4.90 Å². The van der Waals surface area contributed by atoms with Crippen LogP contribution >= 0.6 is 0 Å². The molecule has 0 amide bonds. The van der Waals surface area contributed by atoms with Crippen LogP contribution in [0.15, 0.2) is 12.2 Å². The quantitative estimate of drug-likeness (QED) is 0.678. The van der Waals surface area contributed by atoms with E-state index in [-0.39, 0.29) is 6.54 Å². The number of likely N-dealkylation sites (tertiary alicyclic amines) is 1. The predicted molar refractivity (Wildman–Crippen MR) is 48.8 cm³/mol. The Morgan fingerprint density at radius 2 is 1.92 bits per heavy atom. The molecule has 4 heteroatoms. The molecule has 0 unspecified atom stereocenters. The van der Waals surface area contributed by atoms with Crippen molar-refractivity contribution >= 4 is 0 Å². The van der Waals surface area contributed by atoms with E-state index in [0.29, 0.717) is 13.1 Å². The fourth-order valence-electron chi connectivity index (χ4n) is 1.42. The molecule has 13 heavy (non-hydrogen) atoms. The summed E-state index contributed by atoms with van der Waals surface area (Å²) in [5.74, 6) is -2.74. The van der Waals surface area contributed by atoms with Crippen LogP contribution in [0.1, 0.15) is 12.8 Å². The van der Waals surface area contributed by atoms with Gasteiger partial charge in [0.2, 0.25) is 0 Å². The smallest absolute Gasteiger partial charge is 0.272 e. The minimum absolute atomic E-state index is 0.212. The van der Waals surface area contributed by atoms with Crippen molar-refractivity contribution in [3.63, 3.8) is 0 Å². The Morgan fingerprint density at radius 3 is 2.38 bits per heavy atom. The second kappa shape index (κ2) is 4.15. The Kier molecular flexibility index (Phi) is 3.39. The summed E-state index contributed by atoms with van der Waals surface area (Å²) in [5, 5.41) is 0. The lowest BCUT2D eigenvalue weighted by Crippen LogP contribution is -2.44. The summed E-state index contributed by atoms with van der Waals surface area (Å²) < 4.78 is 25.7. The molecule has 0 aromatic rings. The summed E-state index contributed by atoms with van der Waals surface area (Å²) in [4.78, 5) is 1.75. The molecule has 0 saturated carbocycles.